The van der Waals surface area contributed by atoms with Gasteiger partial charge in [-0.2, -0.15) is 5.10 Å². The molecule has 0 radical (unpaired) electrons. The molecule has 1 aliphatic heterocycles. The minimum absolute atomic E-state index is 0.0319. The van der Waals surface area contributed by atoms with Crippen LogP contribution in [0.5, 0.6) is 0 Å². The number of fused-ring (bicyclic) bond motifs is 1. The highest BCUT2D eigenvalue weighted by molar-refractivity contribution is 5.90. The molecule has 0 amide bonds. The molecular formula is C15H19N3O2. The minimum atomic E-state index is -0.315. The fourth-order valence-corrected chi connectivity index (χ4v) is 2.81. The summed E-state index contributed by atoms with van der Waals surface area (Å²) >= 11 is 0. The molecule has 0 spiro atoms. The Hall–Kier alpha value is -1.72. The number of ketones is 1. The summed E-state index contributed by atoms with van der Waals surface area (Å²) in [6.07, 6.45) is 1.68. The van der Waals surface area contributed by atoms with E-state index in [-0.39, 0.29) is 18.0 Å². The lowest BCUT2D eigenvalue weighted by Crippen LogP contribution is -2.26. The highest BCUT2D eigenvalue weighted by atomic mass is 16.5. The molecule has 0 bridgehead atoms. The van der Waals surface area contributed by atoms with Gasteiger partial charge in [0.25, 0.3) is 0 Å². The van der Waals surface area contributed by atoms with Crippen molar-refractivity contribution in [1.82, 2.24) is 9.78 Å². The van der Waals surface area contributed by atoms with Crippen LogP contribution in [0.1, 0.15) is 18.5 Å². The third-order valence-electron chi connectivity index (χ3n) is 3.91. The summed E-state index contributed by atoms with van der Waals surface area (Å²) in [5.41, 5.74) is 7.45. The summed E-state index contributed by atoms with van der Waals surface area (Å²) in [6, 6.07) is 7.95. The van der Waals surface area contributed by atoms with Crippen molar-refractivity contribution in [3.05, 3.63) is 30.0 Å². The van der Waals surface area contributed by atoms with E-state index < -0.39 is 0 Å². The molecule has 2 atom stereocenters. The van der Waals surface area contributed by atoms with Crippen LogP contribution in [-0.4, -0.2) is 34.3 Å². The van der Waals surface area contributed by atoms with Crippen LogP contribution in [0, 0.1) is 0 Å². The first-order valence-corrected chi connectivity index (χ1v) is 6.98. The van der Waals surface area contributed by atoms with Gasteiger partial charge in [-0.1, -0.05) is 18.2 Å². The largest absolute Gasteiger partial charge is 0.366 e. The van der Waals surface area contributed by atoms with E-state index in [0.717, 1.165) is 29.4 Å². The molecule has 0 saturated carbocycles. The van der Waals surface area contributed by atoms with Gasteiger partial charge in [0, 0.05) is 19.0 Å². The van der Waals surface area contributed by atoms with Crippen LogP contribution in [0.4, 0.5) is 0 Å². The quantitative estimate of drug-likeness (QED) is 0.908. The number of ether oxygens (including phenoxy) is 1. The molecule has 1 aromatic carbocycles. The zero-order valence-corrected chi connectivity index (χ0v) is 11.6. The third-order valence-corrected chi connectivity index (χ3v) is 3.91. The number of nitrogens with zero attached hydrogens (tertiary/aromatic N) is 2. The van der Waals surface area contributed by atoms with Crippen molar-refractivity contribution in [2.75, 3.05) is 6.54 Å². The monoisotopic (exact) mass is 273 g/mol. The minimum Gasteiger partial charge on any atom is -0.366 e. The van der Waals surface area contributed by atoms with Crippen molar-refractivity contribution in [3.63, 3.8) is 0 Å². The number of benzene rings is 1. The van der Waals surface area contributed by atoms with E-state index in [4.69, 9.17) is 10.5 Å². The number of hydrogen-bond donors (Lipinski definition) is 1. The maximum atomic E-state index is 12.3. The Morgan fingerprint density at radius 3 is 3.00 bits per heavy atom. The molecule has 1 aliphatic rings. The predicted molar refractivity (Wildman–Crippen MR) is 76.4 cm³/mol. The standard InChI is InChI=1S/C15H19N3O2/c1-18-13-5-3-2-4-11(13)12(17-18)8-14(19)15-7-6-10(9-16)20-15/h2-5,10,15H,6-9,16H2,1H3. The smallest absolute Gasteiger partial charge is 0.167 e. The van der Waals surface area contributed by atoms with E-state index >= 15 is 0 Å². The first kappa shape index (κ1) is 13.3. The van der Waals surface area contributed by atoms with Crippen molar-refractivity contribution in [1.29, 1.82) is 0 Å². The number of aromatic nitrogens is 2. The molecule has 5 nitrogen and oxygen atoms in total. The number of para-hydroxylation sites is 1. The number of rotatable bonds is 4. The van der Waals surface area contributed by atoms with Crippen molar-refractivity contribution in [2.24, 2.45) is 12.8 Å². The Balaban J connectivity index is 1.78. The van der Waals surface area contributed by atoms with Crippen molar-refractivity contribution in [3.8, 4) is 0 Å². The van der Waals surface area contributed by atoms with Gasteiger partial charge < -0.3 is 10.5 Å². The number of hydrogen-bond acceptors (Lipinski definition) is 4. The van der Waals surface area contributed by atoms with E-state index in [1.807, 2.05) is 36.0 Å². The van der Waals surface area contributed by atoms with Crippen LogP contribution >= 0.6 is 0 Å². The molecule has 0 aliphatic carbocycles. The molecule has 3 rings (SSSR count). The second kappa shape index (κ2) is 5.34. The molecule has 2 aromatic rings. The molecule has 1 fully saturated rings. The Morgan fingerprint density at radius 1 is 1.45 bits per heavy atom. The van der Waals surface area contributed by atoms with Gasteiger partial charge in [0.1, 0.15) is 6.10 Å². The Labute approximate surface area is 117 Å². The third kappa shape index (κ3) is 2.34. The average molecular weight is 273 g/mol. The molecule has 2 N–H and O–H groups in total. The Morgan fingerprint density at radius 2 is 2.25 bits per heavy atom. The highest BCUT2D eigenvalue weighted by Crippen LogP contribution is 2.23. The van der Waals surface area contributed by atoms with Gasteiger partial charge >= 0.3 is 0 Å². The second-order valence-electron chi connectivity index (χ2n) is 5.29. The van der Waals surface area contributed by atoms with Gasteiger partial charge in [-0.25, -0.2) is 0 Å². The van der Waals surface area contributed by atoms with Crippen molar-refractivity contribution < 1.29 is 9.53 Å². The molecule has 2 unspecified atom stereocenters. The molecule has 5 heteroatoms. The maximum absolute atomic E-state index is 12.3. The zero-order chi connectivity index (χ0) is 14.1. The fourth-order valence-electron chi connectivity index (χ4n) is 2.81. The van der Waals surface area contributed by atoms with Gasteiger partial charge in [0.15, 0.2) is 5.78 Å². The van der Waals surface area contributed by atoms with Gasteiger partial charge in [0.2, 0.25) is 0 Å². The number of carbonyl (C=O) groups excluding carboxylic acids is 1. The van der Waals surface area contributed by atoms with Crippen LogP contribution in [-0.2, 0) is 23.0 Å². The second-order valence-corrected chi connectivity index (χ2v) is 5.29. The lowest BCUT2D eigenvalue weighted by Gasteiger charge is -2.10. The van der Waals surface area contributed by atoms with Crippen molar-refractivity contribution >= 4 is 16.7 Å². The molecule has 106 valence electrons. The van der Waals surface area contributed by atoms with Crippen LogP contribution < -0.4 is 5.73 Å². The normalized spacial score (nSPS) is 22.5. The van der Waals surface area contributed by atoms with Crippen LogP contribution in [0.15, 0.2) is 24.3 Å². The maximum Gasteiger partial charge on any atom is 0.167 e. The summed E-state index contributed by atoms with van der Waals surface area (Å²) in [5, 5.41) is 5.49. The summed E-state index contributed by atoms with van der Waals surface area (Å²) in [6.45, 7) is 0.482. The Bertz CT molecular complexity index is 635. The topological polar surface area (TPSA) is 70.1 Å². The van der Waals surface area contributed by atoms with Crippen LogP contribution in [0.25, 0.3) is 10.9 Å². The van der Waals surface area contributed by atoms with E-state index in [1.54, 1.807) is 0 Å². The molecule has 2 heterocycles. The zero-order valence-electron chi connectivity index (χ0n) is 11.6. The predicted octanol–water partition coefficient (Wildman–Crippen LogP) is 1.19. The van der Waals surface area contributed by atoms with Gasteiger partial charge in [-0.05, 0) is 18.9 Å². The summed E-state index contributed by atoms with van der Waals surface area (Å²) in [7, 11) is 1.90. The van der Waals surface area contributed by atoms with E-state index in [1.165, 1.54) is 0 Å². The lowest BCUT2D eigenvalue weighted by molar-refractivity contribution is -0.128. The SMILES string of the molecule is Cn1nc(CC(=O)C2CCC(CN)O2)c2ccccc21. The summed E-state index contributed by atoms with van der Waals surface area (Å²) in [4.78, 5) is 12.3. The van der Waals surface area contributed by atoms with Crippen LogP contribution in [0.2, 0.25) is 0 Å². The van der Waals surface area contributed by atoms with E-state index in [0.29, 0.717) is 13.0 Å². The van der Waals surface area contributed by atoms with Gasteiger partial charge in [-0.3, -0.25) is 9.48 Å². The van der Waals surface area contributed by atoms with E-state index in [9.17, 15) is 4.79 Å². The summed E-state index contributed by atoms with van der Waals surface area (Å²) in [5.74, 6) is 0.102. The summed E-state index contributed by atoms with van der Waals surface area (Å²) < 4.78 is 7.47. The van der Waals surface area contributed by atoms with Crippen LogP contribution in [0.3, 0.4) is 0 Å². The first-order chi connectivity index (χ1) is 9.69. The average Bonchev–Trinajstić information content (AvgIpc) is 3.05. The highest BCUT2D eigenvalue weighted by Gasteiger charge is 2.30. The number of carbonyl (C=O) groups is 1. The molecule has 1 aromatic heterocycles. The Kier molecular flexibility index (Phi) is 3.54. The number of nitrogens with two attached hydrogens (primary N) is 1. The van der Waals surface area contributed by atoms with Gasteiger partial charge in [-0.15, -0.1) is 0 Å². The molecule has 1 saturated heterocycles. The number of Topliss-reactive ketones (excluding diaryl/α,β-unsaturated/α-hetero) is 1. The van der Waals surface area contributed by atoms with Gasteiger partial charge in [0.05, 0.1) is 23.7 Å². The van der Waals surface area contributed by atoms with E-state index in [2.05, 4.69) is 5.10 Å². The molecule has 20 heavy (non-hydrogen) atoms. The van der Waals surface area contributed by atoms with Crippen molar-refractivity contribution in [2.45, 2.75) is 31.5 Å². The number of aryl methyl sites for hydroxylation is 1. The molecular weight excluding hydrogens is 254 g/mol. The fraction of sp³-hybridized carbons (Fsp3) is 0.467. The lowest BCUT2D eigenvalue weighted by atomic mass is 10.0. The first-order valence-electron chi connectivity index (χ1n) is 6.98.